The van der Waals surface area contributed by atoms with E-state index in [4.69, 9.17) is 4.74 Å². The molecule has 1 fully saturated rings. The zero-order valence-corrected chi connectivity index (χ0v) is 17.8. The van der Waals surface area contributed by atoms with Crippen LogP contribution in [0.4, 0.5) is 0 Å². The molecule has 0 N–H and O–H groups in total. The highest BCUT2D eigenvalue weighted by Gasteiger charge is 2.35. The summed E-state index contributed by atoms with van der Waals surface area (Å²) in [6, 6.07) is 24.3. The van der Waals surface area contributed by atoms with E-state index in [0.717, 1.165) is 24.2 Å². The summed E-state index contributed by atoms with van der Waals surface area (Å²) in [5, 5.41) is 5.62. The number of hydrogen-bond acceptors (Lipinski definition) is 4. The summed E-state index contributed by atoms with van der Waals surface area (Å²) < 4.78 is 6.57. The van der Waals surface area contributed by atoms with Crippen LogP contribution in [-0.2, 0) is 6.54 Å². The minimum Gasteiger partial charge on any atom is -0.497 e. The van der Waals surface area contributed by atoms with Crippen LogP contribution in [0, 0.1) is 0 Å². The highest BCUT2D eigenvalue weighted by Crippen LogP contribution is 2.31. The first kappa shape index (κ1) is 20.0. The van der Waals surface area contributed by atoms with Crippen molar-refractivity contribution in [2.75, 3.05) is 7.11 Å². The topological polar surface area (TPSA) is 64.4 Å². The quantitative estimate of drug-likeness (QED) is 0.464. The van der Waals surface area contributed by atoms with E-state index in [0.29, 0.717) is 28.7 Å². The summed E-state index contributed by atoms with van der Waals surface area (Å²) in [5.41, 5.74) is 1.71. The molecule has 6 heteroatoms. The lowest BCUT2D eigenvalue weighted by Crippen LogP contribution is -2.35. The molecule has 0 unspecified atom stereocenters. The van der Waals surface area contributed by atoms with Crippen LogP contribution in [0.3, 0.4) is 0 Å². The third kappa shape index (κ3) is 3.75. The van der Waals surface area contributed by atoms with Crippen LogP contribution < -0.4 is 10.3 Å². The average Bonchev–Trinajstić information content (AvgIpc) is 3.69. The Hall–Kier alpha value is -3.93. The van der Waals surface area contributed by atoms with Crippen molar-refractivity contribution in [1.29, 1.82) is 0 Å². The lowest BCUT2D eigenvalue weighted by atomic mass is 10.1. The molecule has 0 spiro atoms. The zero-order chi connectivity index (χ0) is 22.1. The minimum absolute atomic E-state index is 0.163. The molecule has 0 saturated heterocycles. The molecule has 6 nitrogen and oxygen atoms in total. The fraction of sp³-hybridized carbons (Fsp3) is 0.192. The summed E-state index contributed by atoms with van der Waals surface area (Å²) in [5.74, 6) is 0.616. The molecule has 1 aliphatic carbocycles. The van der Waals surface area contributed by atoms with Gasteiger partial charge in [-0.05, 0) is 48.7 Å². The van der Waals surface area contributed by atoms with Crippen LogP contribution in [0.1, 0.15) is 28.9 Å². The largest absolute Gasteiger partial charge is 0.497 e. The van der Waals surface area contributed by atoms with Crippen LogP contribution in [0.5, 0.6) is 5.75 Å². The maximum atomic E-state index is 13.8. The molecule has 1 aromatic heterocycles. The third-order valence-corrected chi connectivity index (χ3v) is 5.77. The van der Waals surface area contributed by atoms with Gasteiger partial charge in [-0.15, -0.1) is 0 Å². The summed E-state index contributed by atoms with van der Waals surface area (Å²) in [6.07, 6.45) is 1.94. The first-order valence-electron chi connectivity index (χ1n) is 10.7. The van der Waals surface area contributed by atoms with Crippen molar-refractivity contribution >= 4 is 16.7 Å². The van der Waals surface area contributed by atoms with Gasteiger partial charge in [0.15, 0.2) is 5.69 Å². The van der Waals surface area contributed by atoms with Gasteiger partial charge in [0.1, 0.15) is 5.75 Å². The van der Waals surface area contributed by atoms with Gasteiger partial charge in [0.2, 0.25) is 0 Å². The Balaban J connectivity index is 1.59. The number of para-hydroxylation sites is 1. The Labute approximate surface area is 185 Å². The number of methoxy groups -OCH3 is 1. The number of carbonyl (C=O) groups is 1. The van der Waals surface area contributed by atoms with Gasteiger partial charge >= 0.3 is 0 Å². The second-order valence-electron chi connectivity index (χ2n) is 7.96. The lowest BCUT2D eigenvalue weighted by Gasteiger charge is -2.23. The van der Waals surface area contributed by atoms with Crippen molar-refractivity contribution in [3.05, 3.63) is 100 Å². The van der Waals surface area contributed by atoms with Crippen molar-refractivity contribution < 1.29 is 9.53 Å². The fourth-order valence-corrected chi connectivity index (χ4v) is 3.91. The number of aromatic nitrogens is 2. The Kier molecular flexibility index (Phi) is 5.19. The van der Waals surface area contributed by atoms with Crippen molar-refractivity contribution in [2.45, 2.75) is 25.4 Å². The molecule has 1 saturated carbocycles. The average molecular weight is 425 g/mol. The number of amides is 1. The molecule has 0 aliphatic heterocycles. The predicted molar refractivity (Wildman–Crippen MR) is 123 cm³/mol. The normalized spacial score (nSPS) is 13.2. The second-order valence-corrected chi connectivity index (χ2v) is 7.96. The van der Waals surface area contributed by atoms with E-state index in [2.05, 4.69) is 5.10 Å². The number of fused-ring (bicyclic) bond motifs is 1. The lowest BCUT2D eigenvalue weighted by molar-refractivity contribution is 0.0724. The Morgan fingerprint density at radius 1 is 0.969 bits per heavy atom. The van der Waals surface area contributed by atoms with Gasteiger partial charge in [0.25, 0.3) is 11.5 Å². The van der Waals surface area contributed by atoms with Gasteiger partial charge in [-0.1, -0.05) is 48.5 Å². The molecule has 0 radical (unpaired) electrons. The van der Waals surface area contributed by atoms with Crippen molar-refractivity contribution in [2.24, 2.45) is 0 Å². The molecule has 4 aromatic rings. The smallest absolute Gasteiger partial charge is 0.279 e. The number of nitrogens with zero attached hydrogens (tertiary/aromatic N) is 3. The molecular formula is C26H23N3O3. The summed E-state index contributed by atoms with van der Waals surface area (Å²) >= 11 is 0. The first-order valence-corrected chi connectivity index (χ1v) is 10.7. The number of ether oxygens (including phenoxy) is 1. The van der Waals surface area contributed by atoms with Gasteiger partial charge in [-0.25, -0.2) is 0 Å². The molecular weight excluding hydrogens is 402 g/mol. The first-order chi connectivity index (χ1) is 15.7. The monoisotopic (exact) mass is 425 g/mol. The number of rotatable bonds is 6. The van der Waals surface area contributed by atoms with Gasteiger partial charge in [0.05, 0.1) is 18.2 Å². The number of hydrogen-bond donors (Lipinski definition) is 0. The van der Waals surface area contributed by atoms with E-state index in [1.54, 1.807) is 19.2 Å². The molecule has 160 valence electrons. The SMILES string of the molecule is COc1ccc(CN(C(=O)c2nn(-c3ccccc3)c(=O)c3ccccc23)C2CC2)cc1. The van der Waals surface area contributed by atoms with Gasteiger partial charge in [0, 0.05) is 18.0 Å². The summed E-state index contributed by atoms with van der Waals surface area (Å²) in [7, 11) is 1.63. The minimum atomic E-state index is -0.239. The summed E-state index contributed by atoms with van der Waals surface area (Å²) in [6.45, 7) is 0.480. The van der Waals surface area contributed by atoms with E-state index in [9.17, 15) is 9.59 Å². The van der Waals surface area contributed by atoms with Crippen molar-refractivity contribution in [3.8, 4) is 11.4 Å². The Morgan fingerprint density at radius 3 is 2.28 bits per heavy atom. The van der Waals surface area contributed by atoms with Gasteiger partial charge in [-0.3, -0.25) is 9.59 Å². The highest BCUT2D eigenvalue weighted by molar-refractivity contribution is 6.05. The molecule has 32 heavy (non-hydrogen) atoms. The number of carbonyl (C=O) groups excluding carboxylic acids is 1. The van der Waals surface area contributed by atoms with Crippen LogP contribution in [0.25, 0.3) is 16.5 Å². The summed E-state index contributed by atoms with van der Waals surface area (Å²) in [4.78, 5) is 28.8. The van der Waals surface area contributed by atoms with E-state index < -0.39 is 0 Å². The molecule has 3 aromatic carbocycles. The van der Waals surface area contributed by atoms with Gasteiger partial charge in [-0.2, -0.15) is 9.78 Å². The fourth-order valence-electron chi connectivity index (χ4n) is 3.91. The molecule has 0 bridgehead atoms. The third-order valence-electron chi connectivity index (χ3n) is 5.77. The van der Waals surface area contributed by atoms with Crippen LogP contribution >= 0.6 is 0 Å². The Morgan fingerprint density at radius 2 is 1.62 bits per heavy atom. The number of benzene rings is 3. The Bertz CT molecular complexity index is 1330. The van der Waals surface area contributed by atoms with Crippen molar-refractivity contribution in [3.63, 3.8) is 0 Å². The van der Waals surface area contributed by atoms with E-state index in [-0.39, 0.29) is 17.5 Å². The van der Waals surface area contributed by atoms with E-state index in [1.807, 2.05) is 71.6 Å². The highest BCUT2D eigenvalue weighted by atomic mass is 16.5. The van der Waals surface area contributed by atoms with E-state index >= 15 is 0 Å². The standard InChI is InChI=1S/C26H23N3O3/c1-32-21-15-11-18(12-16-21)17-28(19-13-14-19)26(31)24-22-9-5-6-10-23(22)25(30)29(27-24)20-7-3-2-4-8-20/h2-12,15-16,19H,13-14,17H2,1H3. The predicted octanol–water partition coefficient (Wildman–Crippen LogP) is 4.20. The zero-order valence-electron chi connectivity index (χ0n) is 17.8. The van der Waals surface area contributed by atoms with Crippen LogP contribution in [0.2, 0.25) is 0 Å². The van der Waals surface area contributed by atoms with E-state index in [1.165, 1.54) is 4.68 Å². The maximum absolute atomic E-state index is 13.8. The molecule has 0 atom stereocenters. The van der Waals surface area contributed by atoms with Crippen LogP contribution in [-0.4, -0.2) is 33.7 Å². The molecule has 1 heterocycles. The molecule has 5 rings (SSSR count). The second kappa shape index (κ2) is 8.30. The molecule has 1 aliphatic rings. The van der Waals surface area contributed by atoms with Gasteiger partial charge < -0.3 is 9.64 Å². The molecule has 1 amide bonds. The van der Waals surface area contributed by atoms with Crippen LogP contribution in [0.15, 0.2) is 83.7 Å². The van der Waals surface area contributed by atoms with Crippen molar-refractivity contribution in [1.82, 2.24) is 14.7 Å². The maximum Gasteiger partial charge on any atom is 0.279 e.